The van der Waals surface area contributed by atoms with Crippen molar-refractivity contribution in [3.63, 3.8) is 0 Å². The number of aldehydes is 1. The average molecular weight is 362 g/mol. The number of carbonyl (C=O) groups excluding carboxylic acids is 1. The normalized spacial score (nSPS) is 10.6. The fourth-order valence-electron chi connectivity index (χ4n) is 2.13. The summed E-state index contributed by atoms with van der Waals surface area (Å²) in [7, 11) is 0. The van der Waals surface area contributed by atoms with Crippen molar-refractivity contribution in [3.8, 4) is 11.5 Å². The highest BCUT2D eigenvalue weighted by Gasteiger charge is 2.12. The first kappa shape index (κ1) is 14.1. The molecular weight excluding hydrogens is 352 g/mol. The van der Waals surface area contributed by atoms with Gasteiger partial charge in [-0.3, -0.25) is 4.79 Å². The Balaban J connectivity index is 2.11. The lowest BCUT2D eigenvalue weighted by Crippen LogP contribution is -1.92. The van der Waals surface area contributed by atoms with E-state index in [1.807, 2.05) is 36.4 Å². The first-order valence-corrected chi connectivity index (χ1v) is 7.46. The second-order valence-electron chi connectivity index (χ2n) is 4.48. The lowest BCUT2D eigenvalue weighted by molar-refractivity contribution is 0.112. The highest BCUT2D eigenvalue weighted by Crippen LogP contribution is 2.38. The molecule has 3 aromatic carbocycles. The van der Waals surface area contributed by atoms with Crippen LogP contribution < -0.4 is 4.74 Å². The summed E-state index contributed by atoms with van der Waals surface area (Å²) in [5.74, 6) is 0.982. The van der Waals surface area contributed by atoms with Crippen molar-refractivity contribution < 1.29 is 9.53 Å². The number of carbonyl (C=O) groups is 1. The smallest absolute Gasteiger partial charge is 0.156 e. The molecule has 0 aliphatic rings. The van der Waals surface area contributed by atoms with Gasteiger partial charge in [-0.05, 0) is 44.9 Å². The molecular formula is C17H10BrClO2. The molecule has 0 aliphatic carbocycles. The van der Waals surface area contributed by atoms with E-state index in [-0.39, 0.29) is 0 Å². The summed E-state index contributed by atoms with van der Waals surface area (Å²) in [6, 6.07) is 16.9. The fourth-order valence-corrected chi connectivity index (χ4v) is 2.92. The van der Waals surface area contributed by atoms with Crippen LogP contribution in [0.1, 0.15) is 10.4 Å². The molecule has 0 radical (unpaired) electrons. The molecule has 104 valence electrons. The van der Waals surface area contributed by atoms with Crippen LogP contribution >= 0.6 is 27.5 Å². The van der Waals surface area contributed by atoms with E-state index in [9.17, 15) is 4.79 Å². The number of ether oxygens (including phenoxy) is 1. The molecule has 4 heteroatoms. The van der Waals surface area contributed by atoms with Gasteiger partial charge in [0.05, 0.1) is 15.1 Å². The van der Waals surface area contributed by atoms with Gasteiger partial charge in [-0.1, -0.05) is 48.0 Å². The second kappa shape index (κ2) is 5.88. The minimum Gasteiger partial charge on any atom is -0.454 e. The molecule has 0 aliphatic heterocycles. The third-order valence-electron chi connectivity index (χ3n) is 3.16. The average Bonchev–Trinajstić information content (AvgIpc) is 2.52. The fraction of sp³-hybridized carbons (Fsp3) is 0. The first-order chi connectivity index (χ1) is 10.2. The monoisotopic (exact) mass is 360 g/mol. The SMILES string of the molecule is O=Cc1cccc(Cl)c1Oc1ccc2ccccc2c1Br. The van der Waals surface area contributed by atoms with E-state index in [0.29, 0.717) is 22.1 Å². The summed E-state index contributed by atoms with van der Waals surface area (Å²) in [5.41, 5.74) is 0.419. The van der Waals surface area contributed by atoms with Gasteiger partial charge in [0.1, 0.15) is 5.75 Å². The van der Waals surface area contributed by atoms with Crippen LogP contribution in [-0.4, -0.2) is 6.29 Å². The second-order valence-corrected chi connectivity index (χ2v) is 5.68. The molecule has 21 heavy (non-hydrogen) atoms. The van der Waals surface area contributed by atoms with Gasteiger partial charge in [0.25, 0.3) is 0 Å². The highest BCUT2D eigenvalue weighted by atomic mass is 79.9. The Morgan fingerprint density at radius 2 is 1.81 bits per heavy atom. The van der Waals surface area contributed by atoms with E-state index in [1.54, 1.807) is 18.2 Å². The Morgan fingerprint density at radius 3 is 2.62 bits per heavy atom. The molecule has 3 rings (SSSR count). The molecule has 0 amide bonds. The molecule has 0 fully saturated rings. The zero-order valence-corrected chi connectivity index (χ0v) is 13.2. The first-order valence-electron chi connectivity index (χ1n) is 6.29. The van der Waals surface area contributed by atoms with Crippen LogP contribution in [0, 0.1) is 0 Å². The molecule has 0 bridgehead atoms. The quantitative estimate of drug-likeness (QED) is 0.546. The highest BCUT2D eigenvalue weighted by molar-refractivity contribution is 9.10. The van der Waals surface area contributed by atoms with E-state index >= 15 is 0 Å². The van der Waals surface area contributed by atoms with Crippen molar-refractivity contribution >= 4 is 44.6 Å². The van der Waals surface area contributed by atoms with Gasteiger partial charge < -0.3 is 4.74 Å². The van der Waals surface area contributed by atoms with Gasteiger partial charge in [0.15, 0.2) is 12.0 Å². The van der Waals surface area contributed by atoms with Crippen LogP contribution in [-0.2, 0) is 0 Å². The Hall–Kier alpha value is -1.84. The van der Waals surface area contributed by atoms with Crippen molar-refractivity contribution in [2.24, 2.45) is 0 Å². The third-order valence-corrected chi connectivity index (χ3v) is 4.28. The Morgan fingerprint density at radius 1 is 1.00 bits per heavy atom. The molecule has 0 atom stereocenters. The van der Waals surface area contributed by atoms with Gasteiger partial charge in [-0.15, -0.1) is 0 Å². The predicted octanol–water partition coefficient (Wildman–Crippen LogP) is 5.86. The molecule has 0 saturated heterocycles. The summed E-state index contributed by atoms with van der Waals surface area (Å²) in [6.07, 6.45) is 0.732. The summed E-state index contributed by atoms with van der Waals surface area (Å²) in [5, 5.41) is 2.54. The summed E-state index contributed by atoms with van der Waals surface area (Å²) >= 11 is 9.68. The Bertz CT molecular complexity index is 830. The largest absolute Gasteiger partial charge is 0.454 e. The summed E-state index contributed by atoms with van der Waals surface area (Å²) in [6.45, 7) is 0. The van der Waals surface area contributed by atoms with Crippen molar-refractivity contribution in [3.05, 3.63) is 69.7 Å². The molecule has 0 heterocycles. The van der Waals surface area contributed by atoms with E-state index < -0.39 is 0 Å². The van der Waals surface area contributed by atoms with E-state index in [2.05, 4.69) is 15.9 Å². The lowest BCUT2D eigenvalue weighted by Gasteiger charge is -2.12. The third kappa shape index (κ3) is 2.67. The van der Waals surface area contributed by atoms with Crippen molar-refractivity contribution in [2.75, 3.05) is 0 Å². The molecule has 2 nitrogen and oxygen atoms in total. The zero-order chi connectivity index (χ0) is 14.8. The van der Waals surface area contributed by atoms with Gasteiger partial charge in [0.2, 0.25) is 0 Å². The molecule has 0 unspecified atom stereocenters. The van der Waals surface area contributed by atoms with Crippen LogP contribution in [0.15, 0.2) is 59.1 Å². The molecule has 0 saturated carbocycles. The van der Waals surface area contributed by atoms with Crippen LogP contribution in [0.5, 0.6) is 11.5 Å². The van der Waals surface area contributed by atoms with Crippen molar-refractivity contribution in [1.29, 1.82) is 0 Å². The number of rotatable bonds is 3. The van der Waals surface area contributed by atoms with E-state index in [0.717, 1.165) is 21.5 Å². The number of fused-ring (bicyclic) bond motifs is 1. The van der Waals surface area contributed by atoms with Gasteiger partial charge in [0, 0.05) is 0 Å². The van der Waals surface area contributed by atoms with Gasteiger partial charge in [-0.25, -0.2) is 0 Å². The maximum absolute atomic E-state index is 11.1. The van der Waals surface area contributed by atoms with Crippen molar-refractivity contribution in [2.45, 2.75) is 0 Å². The number of para-hydroxylation sites is 1. The maximum Gasteiger partial charge on any atom is 0.156 e. The van der Waals surface area contributed by atoms with Crippen LogP contribution in [0.25, 0.3) is 10.8 Å². The predicted molar refractivity (Wildman–Crippen MR) is 88.6 cm³/mol. The number of benzene rings is 3. The molecule has 0 aromatic heterocycles. The van der Waals surface area contributed by atoms with Gasteiger partial charge >= 0.3 is 0 Å². The molecule has 3 aromatic rings. The van der Waals surface area contributed by atoms with Crippen LogP contribution in [0.2, 0.25) is 5.02 Å². The molecule has 0 spiro atoms. The molecule has 0 N–H and O–H groups in total. The minimum atomic E-state index is 0.366. The summed E-state index contributed by atoms with van der Waals surface area (Å²) in [4.78, 5) is 11.1. The van der Waals surface area contributed by atoms with Crippen LogP contribution in [0.4, 0.5) is 0 Å². The zero-order valence-electron chi connectivity index (χ0n) is 10.8. The summed E-state index contributed by atoms with van der Waals surface area (Å²) < 4.78 is 6.69. The van der Waals surface area contributed by atoms with Crippen molar-refractivity contribution in [1.82, 2.24) is 0 Å². The number of hydrogen-bond acceptors (Lipinski definition) is 2. The Kier molecular flexibility index (Phi) is 3.95. The standard InChI is InChI=1S/C17H10BrClO2/c18-16-13-6-2-1-4-11(13)8-9-15(16)21-17-12(10-20)5-3-7-14(17)19/h1-10H. The number of hydrogen-bond donors (Lipinski definition) is 0. The van der Waals surface area contributed by atoms with E-state index in [4.69, 9.17) is 16.3 Å². The number of halogens is 2. The van der Waals surface area contributed by atoms with E-state index in [1.165, 1.54) is 0 Å². The maximum atomic E-state index is 11.1. The Labute approximate surface area is 135 Å². The minimum absolute atomic E-state index is 0.366. The lowest BCUT2D eigenvalue weighted by atomic mass is 10.1. The van der Waals surface area contributed by atoms with Crippen LogP contribution in [0.3, 0.4) is 0 Å². The topological polar surface area (TPSA) is 26.3 Å². The van der Waals surface area contributed by atoms with Gasteiger partial charge in [-0.2, -0.15) is 0 Å².